The number of fused-ring (bicyclic) bond motifs is 1. The second kappa shape index (κ2) is 6.58. The van der Waals surface area contributed by atoms with Crippen molar-refractivity contribution in [2.24, 2.45) is 7.05 Å². The van der Waals surface area contributed by atoms with Crippen molar-refractivity contribution in [2.45, 2.75) is 50.9 Å². The van der Waals surface area contributed by atoms with Crippen LogP contribution in [0.4, 0.5) is 0 Å². The summed E-state index contributed by atoms with van der Waals surface area (Å²) >= 11 is 0. The number of nitrogens with zero attached hydrogens (tertiary/aromatic N) is 2. The standard InChI is InChI=1S/C17H23N3O3/c1-11(16(22)18-12-7-9-13(21)10-8-12)23-17-14-5-3-4-6-15(14)20(2)19-17/h3-6,11-13,21H,7-10H2,1-2H3,(H,18,22)/t11-,12?,13?/m0/s1. The second-order valence-corrected chi connectivity index (χ2v) is 6.22. The van der Waals surface area contributed by atoms with Crippen molar-refractivity contribution in [3.63, 3.8) is 0 Å². The molecule has 1 aromatic heterocycles. The van der Waals surface area contributed by atoms with Crippen molar-refractivity contribution in [3.8, 4) is 5.88 Å². The number of carbonyl (C=O) groups is 1. The molecule has 1 fully saturated rings. The lowest BCUT2D eigenvalue weighted by Gasteiger charge is -2.27. The third kappa shape index (κ3) is 3.47. The maximum atomic E-state index is 12.3. The average Bonchev–Trinajstić information content (AvgIpc) is 2.86. The minimum Gasteiger partial charge on any atom is -0.463 e. The molecule has 124 valence electrons. The Hall–Kier alpha value is -2.08. The Morgan fingerprint density at radius 1 is 1.35 bits per heavy atom. The van der Waals surface area contributed by atoms with Crippen molar-refractivity contribution >= 4 is 16.8 Å². The van der Waals surface area contributed by atoms with Gasteiger partial charge < -0.3 is 15.2 Å². The van der Waals surface area contributed by atoms with Gasteiger partial charge in [0.15, 0.2) is 6.10 Å². The fourth-order valence-electron chi connectivity index (χ4n) is 3.03. The Balaban J connectivity index is 1.63. The van der Waals surface area contributed by atoms with Crippen LogP contribution in [0.1, 0.15) is 32.6 Å². The van der Waals surface area contributed by atoms with Crippen LogP contribution in [-0.2, 0) is 11.8 Å². The van der Waals surface area contributed by atoms with E-state index in [1.54, 1.807) is 11.6 Å². The highest BCUT2D eigenvalue weighted by molar-refractivity contribution is 5.86. The van der Waals surface area contributed by atoms with E-state index in [4.69, 9.17) is 4.74 Å². The maximum Gasteiger partial charge on any atom is 0.261 e. The van der Waals surface area contributed by atoms with Gasteiger partial charge in [-0.25, -0.2) is 0 Å². The van der Waals surface area contributed by atoms with Crippen molar-refractivity contribution in [3.05, 3.63) is 24.3 Å². The number of aryl methyl sites for hydroxylation is 1. The number of rotatable bonds is 4. The van der Waals surface area contributed by atoms with E-state index >= 15 is 0 Å². The molecule has 1 saturated carbocycles. The number of hydrogen-bond acceptors (Lipinski definition) is 4. The third-order valence-corrected chi connectivity index (χ3v) is 4.42. The molecule has 2 aromatic rings. The molecule has 1 aliphatic rings. The van der Waals surface area contributed by atoms with E-state index < -0.39 is 6.10 Å². The zero-order chi connectivity index (χ0) is 16.4. The van der Waals surface area contributed by atoms with Crippen LogP contribution in [0.15, 0.2) is 24.3 Å². The highest BCUT2D eigenvalue weighted by Gasteiger charge is 2.24. The van der Waals surface area contributed by atoms with Crippen LogP contribution < -0.4 is 10.1 Å². The minimum absolute atomic E-state index is 0.123. The highest BCUT2D eigenvalue weighted by Crippen LogP contribution is 2.25. The zero-order valence-corrected chi connectivity index (χ0v) is 13.5. The summed E-state index contributed by atoms with van der Waals surface area (Å²) in [6, 6.07) is 7.89. The SMILES string of the molecule is C[C@H](Oc1nn(C)c2ccccc12)C(=O)NC1CCC(O)CC1. The molecule has 0 radical (unpaired) electrons. The van der Waals surface area contributed by atoms with Crippen molar-refractivity contribution in [1.82, 2.24) is 15.1 Å². The first-order valence-corrected chi connectivity index (χ1v) is 8.11. The predicted octanol–water partition coefficient (Wildman–Crippen LogP) is 1.76. The minimum atomic E-state index is -0.611. The molecule has 0 spiro atoms. The molecule has 1 aromatic carbocycles. The first-order chi connectivity index (χ1) is 11.0. The van der Waals surface area contributed by atoms with Crippen LogP contribution in [0.3, 0.4) is 0 Å². The van der Waals surface area contributed by atoms with E-state index in [0.29, 0.717) is 5.88 Å². The largest absolute Gasteiger partial charge is 0.463 e. The predicted molar refractivity (Wildman–Crippen MR) is 87.2 cm³/mol. The Morgan fingerprint density at radius 3 is 2.78 bits per heavy atom. The van der Waals surface area contributed by atoms with Gasteiger partial charge in [-0.1, -0.05) is 12.1 Å². The molecular formula is C17H23N3O3. The summed E-state index contributed by atoms with van der Waals surface area (Å²) in [5, 5.41) is 17.8. The second-order valence-electron chi connectivity index (χ2n) is 6.22. The molecule has 23 heavy (non-hydrogen) atoms. The first kappa shape index (κ1) is 15.8. The number of aromatic nitrogens is 2. The molecule has 0 bridgehead atoms. The monoisotopic (exact) mass is 317 g/mol. The fourth-order valence-corrected chi connectivity index (χ4v) is 3.03. The third-order valence-electron chi connectivity index (χ3n) is 4.42. The van der Waals surface area contributed by atoms with Crippen LogP contribution >= 0.6 is 0 Å². The van der Waals surface area contributed by atoms with Gasteiger partial charge >= 0.3 is 0 Å². The lowest BCUT2D eigenvalue weighted by Crippen LogP contribution is -2.44. The van der Waals surface area contributed by atoms with Crippen LogP contribution in [0, 0.1) is 0 Å². The zero-order valence-electron chi connectivity index (χ0n) is 13.5. The van der Waals surface area contributed by atoms with Crippen LogP contribution in [-0.4, -0.2) is 39.0 Å². The Bertz CT molecular complexity index is 689. The summed E-state index contributed by atoms with van der Waals surface area (Å²) in [6.07, 6.45) is 2.27. The number of ether oxygens (including phenoxy) is 1. The lowest BCUT2D eigenvalue weighted by molar-refractivity contribution is -0.128. The van der Waals surface area contributed by atoms with Crippen LogP contribution in [0.25, 0.3) is 10.9 Å². The fraction of sp³-hybridized carbons (Fsp3) is 0.529. The summed E-state index contributed by atoms with van der Waals surface area (Å²) in [4.78, 5) is 12.3. The van der Waals surface area contributed by atoms with Gasteiger partial charge in [0.1, 0.15) is 0 Å². The van der Waals surface area contributed by atoms with Gasteiger partial charge in [0, 0.05) is 13.1 Å². The van der Waals surface area contributed by atoms with Crippen LogP contribution in [0.5, 0.6) is 5.88 Å². The smallest absolute Gasteiger partial charge is 0.261 e. The molecule has 6 heteroatoms. The molecule has 3 rings (SSSR count). The summed E-state index contributed by atoms with van der Waals surface area (Å²) in [5.41, 5.74) is 0.969. The van der Waals surface area contributed by atoms with E-state index in [-0.39, 0.29) is 18.1 Å². The van der Waals surface area contributed by atoms with E-state index in [2.05, 4.69) is 10.4 Å². The Kier molecular flexibility index (Phi) is 4.52. The molecule has 1 heterocycles. The number of carbonyl (C=O) groups excluding carboxylic acids is 1. The topological polar surface area (TPSA) is 76.4 Å². The molecular weight excluding hydrogens is 294 g/mol. The van der Waals surface area contributed by atoms with Gasteiger partial charge in [-0.3, -0.25) is 9.48 Å². The number of aliphatic hydroxyl groups is 1. The average molecular weight is 317 g/mol. The van der Waals surface area contributed by atoms with Gasteiger partial charge in [0.2, 0.25) is 5.88 Å². The van der Waals surface area contributed by atoms with E-state index in [0.717, 1.165) is 36.6 Å². The molecule has 1 aliphatic carbocycles. The number of benzene rings is 1. The number of aliphatic hydroxyl groups excluding tert-OH is 1. The number of nitrogens with one attached hydrogen (secondary N) is 1. The van der Waals surface area contributed by atoms with Gasteiger partial charge in [-0.2, -0.15) is 0 Å². The van der Waals surface area contributed by atoms with Crippen molar-refractivity contribution in [1.29, 1.82) is 0 Å². The Morgan fingerprint density at radius 2 is 2.04 bits per heavy atom. The number of amides is 1. The number of hydrogen-bond donors (Lipinski definition) is 2. The summed E-state index contributed by atoms with van der Waals surface area (Å²) < 4.78 is 7.53. The molecule has 6 nitrogen and oxygen atoms in total. The van der Waals surface area contributed by atoms with E-state index in [9.17, 15) is 9.90 Å². The maximum absolute atomic E-state index is 12.3. The van der Waals surface area contributed by atoms with Gasteiger partial charge in [-0.05, 0) is 44.7 Å². The quantitative estimate of drug-likeness (QED) is 0.901. The molecule has 0 saturated heterocycles. The molecule has 0 unspecified atom stereocenters. The molecule has 2 N–H and O–H groups in total. The van der Waals surface area contributed by atoms with Gasteiger partial charge in [-0.15, -0.1) is 5.10 Å². The molecule has 0 aliphatic heterocycles. The van der Waals surface area contributed by atoms with Crippen LogP contribution in [0.2, 0.25) is 0 Å². The molecule has 1 amide bonds. The van der Waals surface area contributed by atoms with E-state index in [1.807, 2.05) is 31.3 Å². The van der Waals surface area contributed by atoms with Crippen molar-refractivity contribution < 1.29 is 14.6 Å². The van der Waals surface area contributed by atoms with E-state index in [1.165, 1.54) is 0 Å². The summed E-state index contributed by atoms with van der Waals surface area (Å²) in [6.45, 7) is 1.73. The van der Waals surface area contributed by atoms with Crippen molar-refractivity contribution in [2.75, 3.05) is 0 Å². The highest BCUT2D eigenvalue weighted by atomic mass is 16.5. The normalized spacial score (nSPS) is 22.7. The molecule has 1 atom stereocenters. The summed E-state index contributed by atoms with van der Waals surface area (Å²) in [7, 11) is 1.85. The van der Waals surface area contributed by atoms with Gasteiger partial charge in [0.05, 0.1) is 17.0 Å². The summed E-state index contributed by atoms with van der Waals surface area (Å²) in [5.74, 6) is 0.339. The lowest BCUT2D eigenvalue weighted by atomic mass is 9.93. The Labute approximate surface area is 135 Å². The first-order valence-electron chi connectivity index (χ1n) is 8.11. The van der Waals surface area contributed by atoms with Gasteiger partial charge in [0.25, 0.3) is 5.91 Å². The number of para-hydroxylation sites is 1.